The Balaban J connectivity index is 2.70. The van der Waals surface area contributed by atoms with E-state index in [2.05, 4.69) is 37.9 Å². The van der Waals surface area contributed by atoms with E-state index in [0.717, 1.165) is 12.1 Å². The van der Waals surface area contributed by atoms with E-state index in [1.54, 1.807) is 6.92 Å². The van der Waals surface area contributed by atoms with Gasteiger partial charge in [-0.15, -0.1) is 0 Å². The molecule has 0 amide bonds. The molecule has 0 spiro atoms. The summed E-state index contributed by atoms with van der Waals surface area (Å²) in [5, 5.41) is 0. The maximum Gasteiger partial charge on any atom is 0.134 e. The molecule has 1 aromatic rings. The van der Waals surface area contributed by atoms with Crippen molar-refractivity contribution >= 4 is 5.78 Å². The summed E-state index contributed by atoms with van der Waals surface area (Å²) in [6.07, 6.45) is 0.541. The topological polar surface area (TPSA) is 20.3 Å². The van der Waals surface area contributed by atoms with Crippen molar-refractivity contribution in [1.82, 2.24) is 4.90 Å². The first kappa shape index (κ1) is 12.9. The van der Waals surface area contributed by atoms with E-state index in [4.69, 9.17) is 0 Å². The van der Waals surface area contributed by atoms with E-state index in [-0.39, 0.29) is 5.78 Å². The first-order valence-electron chi connectivity index (χ1n) is 5.76. The van der Waals surface area contributed by atoms with Crippen LogP contribution in [0.1, 0.15) is 31.9 Å². The van der Waals surface area contributed by atoms with Gasteiger partial charge in [0.25, 0.3) is 0 Å². The molecule has 2 heteroatoms. The van der Waals surface area contributed by atoms with Crippen LogP contribution in [0.3, 0.4) is 0 Å². The average molecular weight is 219 g/mol. The van der Waals surface area contributed by atoms with E-state index < -0.39 is 0 Å². The van der Waals surface area contributed by atoms with Crippen LogP contribution in [-0.4, -0.2) is 23.8 Å². The molecule has 0 unspecified atom stereocenters. The second-order valence-corrected chi connectivity index (χ2v) is 4.71. The Morgan fingerprint density at radius 2 is 1.94 bits per heavy atom. The highest BCUT2D eigenvalue weighted by molar-refractivity contribution is 5.78. The molecule has 0 aliphatic carbocycles. The minimum Gasteiger partial charge on any atom is -0.300 e. The number of ketones is 1. The van der Waals surface area contributed by atoms with Crippen LogP contribution in [0.25, 0.3) is 0 Å². The minimum absolute atomic E-state index is 0.217. The predicted octanol–water partition coefficient (Wildman–Crippen LogP) is 2.66. The zero-order chi connectivity index (χ0) is 12.1. The molecule has 0 aromatic heterocycles. The highest BCUT2D eigenvalue weighted by atomic mass is 16.1. The third kappa shape index (κ3) is 4.15. The van der Waals surface area contributed by atoms with E-state index in [1.807, 2.05) is 12.1 Å². The molecule has 0 radical (unpaired) electrons. The van der Waals surface area contributed by atoms with Gasteiger partial charge in [0.15, 0.2) is 0 Å². The van der Waals surface area contributed by atoms with Crippen LogP contribution in [-0.2, 0) is 17.8 Å². The molecule has 0 heterocycles. The average Bonchev–Trinajstić information content (AvgIpc) is 2.16. The molecular formula is C14H21NO. The van der Waals surface area contributed by atoms with E-state index >= 15 is 0 Å². The summed E-state index contributed by atoms with van der Waals surface area (Å²) >= 11 is 0. The van der Waals surface area contributed by atoms with Crippen LogP contribution in [0.2, 0.25) is 0 Å². The van der Waals surface area contributed by atoms with Crippen LogP contribution in [0.4, 0.5) is 0 Å². The van der Waals surface area contributed by atoms with Gasteiger partial charge in [0.05, 0.1) is 0 Å². The van der Waals surface area contributed by atoms with Crippen molar-refractivity contribution in [2.75, 3.05) is 7.05 Å². The van der Waals surface area contributed by atoms with Gasteiger partial charge in [-0.2, -0.15) is 0 Å². The summed E-state index contributed by atoms with van der Waals surface area (Å²) in [5.41, 5.74) is 2.39. The van der Waals surface area contributed by atoms with Gasteiger partial charge in [-0.05, 0) is 38.9 Å². The van der Waals surface area contributed by atoms with E-state index in [9.17, 15) is 4.79 Å². The summed E-state index contributed by atoms with van der Waals surface area (Å²) in [6.45, 7) is 6.93. The third-order valence-corrected chi connectivity index (χ3v) is 2.76. The number of nitrogens with zero attached hydrogens (tertiary/aromatic N) is 1. The number of Topliss-reactive ketones (excluding diaryl/α,β-unsaturated/α-hetero) is 1. The Morgan fingerprint density at radius 3 is 2.50 bits per heavy atom. The van der Waals surface area contributed by atoms with Crippen LogP contribution < -0.4 is 0 Å². The quantitative estimate of drug-likeness (QED) is 0.759. The van der Waals surface area contributed by atoms with Crippen LogP contribution in [0.5, 0.6) is 0 Å². The second-order valence-electron chi connectivity index (χ2n) is 4.71. The van der Waals surface area contributed by atoms with Crippen LogP contribution in [0, 0.1) is 0 Å². The summed E-state index contributed by atoms with van der Waals surface area (Å²) in [6, 6.07) is 8.82. The van der Waals surface area contributed by atoms with E-state index in [0.29, 0.717) is 12.5 Å². The number of hydrogen-bond donors (Lipinski definition) is 0. The molecule has 0 bridgehead atoms. The van der Waals surface area contributed by atoms with Crippen molar-refractivity contribution in [3.63, 3.8) is 0 Å². The summed E-state index contributed by atoms with van der Waals surface area (Å²) in [7, 11) is 2.11. The minimum atomic E-state index is 0.217. The Bertz CT molecular complexity index is 358. The summed E-state index contributed by atoms with van der Waals surface area (Å²) in [4.78, 5) is 13.3. The molecule has 0 saturated heterocycles. The molecule has 0 fully saturated rings. The number of benzene rings is 1. The fraction of sp³-hybridized carbons (Fsp3) is 0.500. The second kappa shape index (κ2) is 5.80. The van der Waals surface area contributed by atoms with Gasteiger partial charge in [0.2, 0.25) is 0 Å². The van der Waals surface area contributed by atoms with Crippen LogP contribution >= 0.6 is 0 Å². The van der Waals surface area contributed by atoms with Gasteiger partial charge >= 0.3 is 0 Å². The highest BCUT2D eigenvalue weighted by Crippen LogP contribution is 2.10. The van der Waals surface area contributed by atoms with Crippen molar-refractivity contribution in [2.45, 2.75) is 39.8 Å². The van der Waals surface area contributed by atoms with Crippen molar-refractivity contribution in [3.8, 4) is 0 Å². The van der Waals surface area contributed by atoms with Gasteiger partial charge in [-0.3, -0.25) is 9.69 Å². The fourth-order valence-corrected chi connectivity index (χ4v) is 1.60. The number of carbonyl (C=O) groups is 1. The van der Waals surface area contributed by atoms with E-state index in [1.165, 1.54) is 5.56 Å². The largest absolute Gasteiger partial charge is 0.300 e. The molecule has 1 rings (SSSR count). The Hall–Kier alpha value is -1.15. The lowest BCUT2D eigenvalue weighted by atomic mass is 10.1. The SMILES string of the molecule is CC(=O)Cc1cccc(CN(C)C(C)C)c1. The number of rotatable bonds is 5. The molecule has 16 heavy (non-hydrogen) atoms. The van der Waals surface area contributed by atoms with Gasteiger partial charge in [0, 0.05) is 19.0 Å². The lowest BCUT2D eigenvalue weighted by Gasteiger charge is -2.21. The maximum absolute atomic E-state index is 11.0. The molecule has 88 valence electrons. The third-order valence-electron chi connectivity index (χ3n) is 2.76. The monoisotopic (exact) mass is 219 g/mol. The Labute approximate surface area is 98.3 Å². The first-order valence-corrected chi connectivity index (χ1v) is 5.76. The molecule has 0 aliphatic heterocycles. The standard InChI is InChI=1S/C14H21NO/c1-11(2)15(4)10-14-7-5-6-13(9-14)8-12(3)16/h5-7,9,11H,8,10H2,1-4H3. The first-order chi connectivity index (χ1) is 7.49. The number of hydrogen-bond acceptors (Lipinski definition) is 2. The highest BCUT2D eigenvalue weighted by Gasteiger charge is 2.05. The van der Waals surface area contributed by atoms with Crippen molar-refractivity contribution < 1.29 is 4.79 Å². The zero-order valence-corrected chi connectivity index (χ0v) is 10.7. The molecule has 1 aromatic carbocycles. The van der Waals surface area contributed by atoms with Crippen LogP contribution in [0.15, 0.2) is 24.3 Å². The normalized spacial score (nSPS) is 11.1. The Morgan fingerprint density at radius 1 is 1.31 bits per heavy atom. The van der Waals surface area contributed by atoms with Crippen molar-refractivity contribution in [1.29, 1.82) is 0 Å². The van der Waals surface area contributed by atoms with Gasteiger partial charge in [-0.1, -0.05) is 24.3 Å². The van der Waals surface area contributed by atoms with Gasteiger partial charge in [0.1, 0.15) is 5.78 Å². The zero-order valence-electron chi connectivity index (χ0n) is 10.7. The molecule has 0 N–H and O–H groups in total. The van der Waals surface area contributed by atoms with Crippen molar-refractivity contribution in [3.05, 3.63) is 35.4 Å². The maximum atomic E-state index is 11.0. The summed E-state index contributed by atoms with van der Waals surface area (Å²) < 4.78 is 0. The van der Waals surface area contributed by atoms with Gasteiger partial charge < -0.3 is 0 Å². The molecule has 2 nitrogen and oxygen atoms in total. The lowest BCUT2D eigenvalue weighted by Crippen LogP contribution is -2.25. The summed E-state index contributed by atoms with van der Waals surface area (Å²) in [5.74, 6) is 0.217. The smallest absolute Gasteiger partial charge is 0.134 e. The molecular weight excluding hydrogens is 198 g/mol. The van der Waals surface area contributed by atoms with Crippen molar-refractivity contribution in [2.24, 2.45) is 0 Å². The molecule has 0 aliphatic rings. The number of carbonyl (C=O) groups excluding carboxylic acids is 1. The molecule has 0 saturated carbocycles. The van der Waals surface area contributed by atoms with Gasteiger partial charge in [-0.25, -0.2) is 0 Å². The lowest BCUT2D eigenvalue weighted by molar-refractivity contribution is -0.116. The predicted molar refractivity (Wildman–Crippen MR) is 67.4 cm³/mol. The molecule has 0 atom stereocenters. The Kier molecular flexibility index (Phi) is 4.69. The fourth-order valence-electron chi connectivity index (χ4n) is 1.60.